The number of aliphatic carboxylic acids is 1. The second-order valence-electron chi connectivity index (χ2n) is 14.0. The fraction of sp³-hybridized carbons (Fsp3) is 0.300. The molecule has 57 heavy (non-hydrogen) atoms. The topological polar surface area (TPSA) is 251 Å². The minimum Gasteiger partial charge on any atom is -0.508 e. The van der Waals surface area contributed by atoms with Crippen LogP contribution in [0.15, 0.2) is 98.5 Å². The largest absolute Gasteiger partial charge is 0.508 e. The van der Waals surface area contributed by atoms with Crippen LogP contribution >= 0.6 is 0 Å². The number of carbonyl (C=O) groups excluding carboxylic acids is 1. The number of aryl methyl sites for hydroxylation is 2. The number of quaternary nitrogens is 1. The molecule has 17 heteroatoms. The first-order chi connectivity index (χ1) is 27.2. The minimum absolute atomic E-state index is 0.0156. The molecule has 3 aliphatic rings. The highest BCUT2D eigenvalue weighted by molar-refractivity contribution is 5.98. The molecule has 0 saturated carbocycles. The van der Waals surface area contributed by atoms with E-state index < -0.39 is 61.1 Å². The predicted molar refractivity (Wildman–Crippen MR) is 200 cm³/mol. The number of carbonyl (C=O) groups is 2. The zero-order valence-electron chi connectivity index (χ0n) is 30.8. The average Bonchev–Trinajstić information content (AvgIpc) is 3.76. The van der Waals surface area contributed by atoms with Gasteiger partial charge in [0.25, 0.3) is 0 Å². The summed E-state index contributed by atoms with van der Waals surface area (Å²) in [5.74, 6) is -3.06. The predicted octanol–water partition coefficient (Wildman–Crippen LogP) is 0.0829. The van der Waals surface area contributed by atoms with E-state index in [4.69, 9.17) is 23.5 Å². The van der Waals surface area contributed by atoms with Gasteiger partial charge in [-0.25, -0.2) is 14.6 Å². The maximum Gasteiger partial charge on any atom is 0.337 e. The summed E-state index contributed by atoms with van der Waals surface area (Å²) in [5.41, 5.74) is 2.37. The Morgan fingerprint density at radius 1 is 1.07 bits per heavy atom. The van der Waals surface area contributed by atoms with Crippen molar-refractivity contribution >= 4 is 34.8 Å². The number of benzene rings is 3. The molecule has 4 heterocycles. The van der Waals surface area contributed by atoms with E-state index in [1.807, 2.05) is 32.0 Å². The van der Waals surface area contributed by atoms with Crippen molar-refractivity contribution in [1.29, 1.82) is 0 Å². The number of aromatic hydroxyl groups is 1. The Labute approximate surface area is 323 Å². The Balaban J connectivity index is 1.26. The molecule has 17 nitrogen and oxygen atoms in total. The number of allylic oxidation sites excluding steroid dienone is 1. The van der Waals surface area contributed by atoms with Crippen LogP contribution in [0.5, 0.6) is 11.5 Å². The number of phenols is 1. The first-order valence-electron chi connectivity index (χ1n) is 17.8. The summed E-state index contributed by atoms with van der Waals surface area (Å²) in [7, 11) is 1.17. The molecule has 1 fully saturated rings. The lowest BCUT2D eigenvalue weighted by Crippen LogP contribution is -3.09. The van der Waals surface area contributed by atoms with E-state index in [0.29, 0.717) is 17.0 Å². The quantitative estimate of drug-likeness (QED) is 0.0538. The Morgan fingerprint density at radius 3 is 2.46 bits per heavy atom. The molecule has 8 atom stereocenters. The summed E-state index contributed by atoms with van der Waals surface area (Å²) in [4.78, 5) is 48.8. The normalized spacial score (nSPS) is 25.2. The zero-order valence-corrected chi connectivity index (χ0v) is 30.8. The van der Waals surface area contributed by atoms with Crippen LogP contribution in [0.4, 0.5) is 0 Å². The monoisotopic (exact) mass is 786 g/mol. The van der Waals surface area contributed by atoms with Gasteiger partial charge in [-0.2, -0.15) is 9.90 Å². The number of fused-ring (bicyclic) bond motifs is 2. The van der Waals surface area contributed by atoms with Crippen molar-refractivity contribution < 1.29 is 68.8 Å². The number of aliphatic imine (C=N–C) groups is 1. The lowest BCUT2D eigenvalue weighted by atomic mass is 9.84. The van der Waals surface area contributed by atoms with E-state index in [1.54, 1.807) is 24.4 Å². The number of nitrogens with one attached hydrogen (secondary N) is 2. The molecule has 3 aromatic carbocycles. The maximum absolute atomic E-state index is 13.5. The average molecular weight is 787 g/mol. The highest BCUT2D eigenvalue weighted by atomic mass is 16.8. The van der Waals surface area contributed by atoms with Crippen molar-refractivity contribution in [3.05, 3.63) is 111 Å². The molecule has 0 radical (unpaired) electrons. The number of nitrogens with zero attached hydrogens (tertiary/aromatic N) is 1. The number of hydrogen-bond donors (Lipinski definition) is 8. The smallest absolute Gasteiger partial charge is 0.337 e. The number of esters is 1. The van der Waals surface area contributed by atoms with Gasteiger partial charge in [-0.1, -0.05) is 29.3 Å². The maximum atomic E-state index is 13.5. The minimum atomic E-state index is -2.70. The highest BCUT2D eigenvalue weighted by Crippen LogP contribution is 2.37. The number of carboxylic acid groups (broad SMARTS) is 1. The second-order valence-corrected chi connectivity index (χ2v) is 14.0. The first kappa shape index (κ1) is 39.5. The van der Waals surface area contributed by atoms with Gasteiger partial charge >= 0.3 is 11.9 Å². The third-order valence-electron chi connectivity index (χ3n) is 10.0. The Kier molecular flexibility index (Phi) is 10.8. The van der Waals surface area contributed by atoms with Crippen molar-refractivity contribution in [1.82, 2.24) is 5.32 Å². The van der Waals surface area contributed by atoms with Crippen LogP contribution < -0.4 is 20.5 Å². The van der Waals surface area contributed by atoms with Crippen LogP contribution in [0.2, 0.25) is 0 Å². The first-order valence-corrected chi connectivity index (χ1v) is 17.8. The third kappa shape index (κ3) is 7.45. The van der Waals surface area contributed by atoms with Gasteiger partial charge in [-0.05, 0) is 68.9 Å². The summed E-state index contributed by atoms with van der Waals surface area (Å²) >= 11 is 0. The molecule has 1 unspecified atom stereocenters. The van der Waals surface area contributed by atoms with Gasteiger partial charge in [0, 0.05) is 23.4 Å². The van der Waals surface area contributed by atoms with Crippen molar-refractivity contribution in [3.63, 3.8) is 0 Å². The van der Waals surface area contributed by atoms with Crippen LogP contribution in [0.3, 0.4) is 0 Å². The Bertz CT molecular complexity index is 2350. The molecular formula is C40H40N3O14+. The molecule has 1 saturated heterocycles. The molecule has 7 rings (SSSR count). The SMILES string of the molecule is CN[C@H](C(=O)O)C(=O)O[C@H](O)[C@@H]1O[C@H](Oc2ccc3c(=O)c(-c4ccc(O)cc4)coc3c2)[C@@H](O[NH+]2CC3=CC=NC3=C2c2cc(C)cc(C)c2)[C@@](O)(CO)[C@H]1O. The van der Waals surface area contributed by atoms with Crippen molar-refractivity contribution in [2.45, 2.75) is 56.4 Å². The number of likely N-dealkylation sites (N-methyl/N-ethyl adjacent to an activating group) is 1. The number of phenolic OH excluding ortho intramolecular Hbond substituents is 1. The fourth-order valence-corrected chi connectivity index (χ4v) is 7.19. The van der Waals surface area contributed by atoms with Gasteiger partial charge in [0.2, 0.25) is 24.7 Å². The number of aliphatic hydroxyl groups excluding tert-OH is 3. The standard InChI is InChI=1S/C40H39N3O14/c1-19-12-20(2)14-23(13-19)31-29-22(10-11-42-29)16-43(31)57-35-39(55-33(34(47)40(35,52)18-44)38(51)56-37(50)30(41-3)36(48)49)54-25-8-9-26-28(15-25)53-17-27(32(26)46)21-4-6-24(45)7-5-21/h4-15,17,30,33-35,38-39,41,44-45,47,51-52H,16,18H2,1-3H3,(H,48,49)/p+1/t30-,33-,34+,35-,38+,39+,40-/m1/s1. The Hall–Kier alpha value is -5.76. The van der Waals surface area contributed by atoms with Gasteiger partial charge in [-0.3, -0.25) is 10.1 Å². The molecule has 0 bridgehead atoms. The van der Waals surface area contributed by atoms with Gasteiger partial charge in [-0.15, -0.1) is 0 Å². The molecule has 298 valence electrons. The molecule has 0 amide bonds. The summed E-state index contributed by atoms with van der Waals surface area (Å²) in [6.45, 7) is 2.86. The van der Waals surface area contributed by atoms with Crippen molar-refractivity contribution in [3.8, 4) is 22.6 Å². The summed E-state index contributed by atoms with van der Waals surface area (Å²) in [5, 5.41) is 67.2. The number of hydrogen-bond acceptors (Lipinski definition) is 15. The van der Waals surface area contributed by atoms with Crippen LogP contribution in [0, 0.1) is 13.8 Å². The van der Waals surface area contributed by atoms with E-state index in [0.717, 1.165) is 22.3 Å². The lowest BCUT2D eigenvalue weighted by Gasteiger charge is -2.48. The molecule has 0 spiro atoms. The van der Waals surface area contributed by atoms with E-state index in [2.05, 4.69) is 10.3 Å². The van der Waals surface area contributed by atoms with Crippen molar-refractivity contribution in [2.24, 2.45) is 4.99 Å². The van der Waals surface area contributed by atoms with E-state index in [9.17, 15) is 45.0 Å². The Morgan fingerprint density at radius 2 is 1.79 bits per heavy atom. The molecule has 0 aliphatic carbocycles. The highest BCUT2D eigenvalue weighted by Gasteiger charge is 2.62. The van der Waals surface area contributed by atoms with Gasteiger partial charge < -0.3 is 49.3 Å². The zero-order chi connectivity index (χ0) is 40.8. The third-order valence-corrected chi connectivity index (χ3v) is 10.0. The number of rotatable bonds is 12. The molecule has 3 aliphatic heterocycles. The van der Waals surface area contributed by atoms with Gasteiger partial charge in [0.1, 0.15) is 41.7 Å². The lowest BCUT2D eigenvalue weighted by molar-refractivity contribution is -1.04. The van der Waals surface area contributed by atoms with E-state index in [1.165, 1.54) is 43.6 Å². The van der Waals surface area contributed by atoms with Gasteiger partial charge in [0.05, 0.1) is 17.6 Å². The van der Waals surface area contributed by atoms with Crippen LogP contribution in [-0.2, 0) is 23.9 Å². The van der Waals surface area contributed by atoms with Crippen LogP contribution in [0.25, 0.3) is 27.8 Å². The molecular weight excluding hydrogens is 746 g/mol. The summed E-state index contributed by atoms with van der Waals surface area (Å²) in [6.07, 6.45) is -5.53. The second kappa shape index (κ2) is 15.6. The number of hydroxylamine groups is 2. The fourth-order valence-electron chi connectivity index (χ4n) is 7.19. The molecule has 4 aromatic rings. The number of aliphatic hydroxyl groups is 4. The molecule has 8 N–H and O–H groups in total. The molecule has 1 aromatic heterocycles. The van der Waals surface area contributed by atoms with E-state index >= 15 is 0 Å². The number of ether oxygens (including phenoxy) is 3. The number of carboxylic acids is 1. The van der Waals surface area contributed by atoms with Gasteiger partial charge in [0.15, 0.2) is 22.8 Å². The van der Waals surface area contributed by atoms with E-state index in [-0.39, 0.29) is 45.1 Å². The van der Waals surface area contributed by atoms with Crippen molar-refractivity contribution in [2.75, 3.05) is 20.2 Å². The summed E-state index contributed by atoms with van der Waals surface area (Å²) in [6, 6.07) is 14.1. The van der Waals surface area contributed by atoms with Crippen LogP contribution in [0.1, 0.15) is 16.7 Å². The summed E-state index contributed by atoms with van der Waals surface area (Å²) < 4.78 is 23.0. The van der Waals surface area contributed by atoms with Crippen LogP contribution in [-0.4, -0.2) is 112 Å².